The first kappa shape index (κ1) is 39.0. The van der Waals surface area contributed by atoms with Gasteiger partial charge in [0, 0.05) is 60.3 Å². The maximum Gasteiger partial charge on any atom is 0.407 e. The number of H-pyrrole nitrogens is 1. The minimum absolute atomic E-state index is 0.00694. The normalized spacial score (nSPS) is 26.6. The van der Waals surface area contributed by atoms with Crippen molar-refractivity contribution < 1.29 is 33.4 Å². The van der Waals surface area contributed by atoms with E-state index in [1.165, 1.54) is 14.2 Å². The quantitative estimate of drug-likeness (QED) is 0.189. The molecule has 2 N–H and O–H groups in total. The van der Waals surface area contributed by atoms with Gasteiger partial charge in [-0.25, -0.2) is 9.78 Å². The molecule has 5 fully saturated rings. The lowest BCUT2D eigenvalue weighted by Crippen LogP contribution is -2.56. The Kier molecular flexibility index (Phi) is 10.5. The number of hydrogen-bond acceptors (Lipinski definition) is 9. The number of hydrogen-bond donors (Lipinski definition) is 2. The van der Waals surface area contributed by atoms with Crippen LogP contribution >= 0.6 is 0 Å². The average molecular weight is 801 g/mol. The van der Waals surface area contributed by atoms with Crippen molar-refractivity contribution in [3.05, 3.63) is 65.8 Å². The van der Waals surface area contributed by atoms with Gasteiger partial charge in [0.2, 0.25) is 11.8 Å². The molecular formula is C46H52N6O7. The van der Waals surface area contributed by atoms with Crippen LogP contribution in [-0.4, -0.2) is 101 Å². The van der Waals surface area contributed by atoms with Crippen LogP contribution in [0.15, 0.2) is 59.4 Å². The highest BCUT2D eigenvalue weighted by atomic mass is 16.5. The summed E-state index contributed by atoms with van der Waals surface area (Å²) < 4.78 is 15.4. The van der Waals surface area contributed by atoms with Crippen molar-refractivity contribution in [3.63, 3.8) is 0 Å². The number of ether oxygens (including phenoxy) is 3. The number of benzene rings is 2. The van der Waals surface area contributed by atoms with Gasteiger partial charge < -0.3 is 34.3 Å². The largest absolute Gasteiger partial charge is 0.469 e. The van der Waals surface area contributed by atoms with Gasteiger partial charge in [-0.2, -0.15) is 0 Å². The van der Waals surface area contributed by atoms with E-state index in [1.54, 1.807) is 0 Å². The van der Waals surface area contributed by atoms with Gasteiger partial charge in [-0.05, 0) is 91.2 Å². The van der Waals surface area contributed by atoms with Crippen molar-refractivity contribution in [3.8, 4) is 23.1 Å². The van der Waals surface area contributed by atoms with Crippen LogP contribution in [0.1, 0.15) is 82.6 Å². The van der Waals surface area contributed by atoms with Crippen LogP contribution in [-0.2, 0) is 28.6 Å². The maximum absolute atomic E-state index is 14.2. The lowest BCUT2D eigenvalue weighted by molar-refractivity contribution is -0.149. The molecule has 2 aromatic carbocycles. The Bertz CT molecular complexity index is 2300. The summed E-state index contributed by atoms with van der Waals surface area (Å²) >= 11 is 0. The maximum atomic E-state index is 14.2. The molecule has 0 bridgehead atoms. The standard InChI is InChI=1S/C46H52N6O7/c1-25(2)34(22-41(53)57-3)44(54)52-38-19-33(38)21-40(52)43-48-24-36(49-43)31-10-9-29-15-26(7-8-30(29)17-31)5-6-27-16-35(47-23-27)39-20-32-18-37(32)51(39)45(55)42(50-46(56)58-4)28-11-13-59-14-12-28/h7-10,15,17,23-25,28,32-34,37-40,42H,11-14,16,18-22H2,1-4H3,(H,48,49)(H,50,56)/t32-,33-,34+,37-,38-,39+,40+,42+/m1/s1. The van der Waals surface area contributed by atoms with Crippen molar-refractivity contribution in [2.75, 3.05) is 27.4 Å². The molecule has 5 heterocycles. The number of rotatable bonds is 10. The van der Waals surface area contributed by atoms with E-state index in [-0.39, 0.29) is 60.2 Å². The number of imidazole rings is 1. The topological polar surface area (TPSA) is 156 Å². The van der Waals surface area contributed by atoms with E-state index in [4.69, 9.17) is 24.2 Å². The highest BCUT2D eigenvalue weighted by Crippen LogP contribution is 2.54. The summed E-state index contributed by atoms with van der Waals surface area (Å²) in [6.45, 7) is 5.11. The first-order valence-electron chi connectivity index (χ1n) is 21.1. The lowest BCUT2D eigenvalue weighted by Gasteiger charge is -2.36. The number of carbonyl (C=O) groups is 4. The average Bonchev–Trinajstić information content (AvgIpc) is 3.85. The Morgan fingerprint density at radius 3 is 2.34 bits per heavy atom. The minimum atomic E-state index is -0.655. The first-order valence-corrected chi connectivity index (χ1v) is 21.1. The number of carbonyl (C=O) groups excluding carboxylic acids is 4. The lowest BCUT2D eigenvalue weighted by atomic mass is 9.90. The SMILES string of the molecule is COC(=O)C[C@H](C(=O)N1[C@@H]2C[C@@H]2C[C@H]1c1ncc(-c2ccc3cc(C#CC4=CN=C([C@@H]5C[C@H]6C[C@H]6N5C(=O)[C@@H](NC(=O)OC)C5CCOCC5)C4)ccc3c2)[nH]1)C(C)C. The summed E-state index contributed by atoms with van der Waals surface area (Å²) in [7, 11) is 2.69. The van der Waals surface area contributed by atoms with Crippen LogP contribution in [0.3, 0.4) is 0 Å². The van der Waals surface area contributed by atoms with Crippen LogP contribution in [0, 0.1) is 41.4 Å². The van der Waals surface area contributed by atoms with E-state index in [1.807, 2.05) is 42.1 Å². The van der Waals surface area contributed by atoms with Crippen LogP contribution < -0.4 is 5.32 Å². The van der Waals surface area contributed by atoms with Gasteiger partial charge >= 0.3 is 12.1 Å². The molecule has 308 valence electrons. The molecule has 4 aliphatic heterocycles. The van der Waals surface area contributed by atoms with Crippen LogP contribution in [0.4, 0.5) is 4.79 Å². The number of aromatic amines is 1. The van der Waals surface area contributed by atoms with Gasteiger partial charge in [0.1, 0.15) is 11.9 Å². The number of allylic oxidation sites excluding steroid dienone is 1. The van der Waals surface area contributed by atoms with Gasteiger partial charge in [0.25, 0.3) is 0 Å². The van der Waals surface area contributed by atoms with Gasteiger partial charge in [-0.15, -0.1) is 0 Å². The fraction of sp³-hybridized carbons (Fsp3) is 0.522. The molecule has 13 heteroatoms. The molecule has 0 spiro atoms. The zero-order chi connectivity index (χ0) is 40.9. The van der Waals surface area contributed by atoms with Crippen molar-refractivity contribution in [2.24, 2.45) is 34.6 Å². The molecule has 59 heavy (non-hydrogen) atoms. The van der Waals surface area contributed by atoms with Gasteiger partial charge in [-0.1, -0.05) is 43.9 Å². The van der Waals surface area contributed by atoms with Crippen molar-refractivity contribution >= 4 is 40.4 Å². The van der Waals surface area contributed by atoms with Crippen LogP contribution in [0.25, 0.3) is 22.0 Å². The number of nitrogens with one attached hydrogen (secondary N) is 2. The van der Waals surface area contributed by atoms with E-state index in [0.717, 1.165) is 70.4 Å². The Labute approximate surface area is 344 Å². The number of methoxy groups -OCH3 is 2. The third kappa shape index (κ3) is 7.75. The first-order chi connectivity index (χ1) is 28.6. The number of alkyl carbamates (subject to hydrolysis) is 1. The molecule has 9 rings (SSSR count). The second-order valence-electron chi connectivity index (χ2n) is 17.5. The third-order valence-electron chi connectivity index (χ3n) is 13.5. The Balaban J connectivity index is 0.850. The molecule has 1 aromatic heterocycles. The molecule has 6 aliphatic rings. The molecule has 2 aliphatic carbocycles. The van der Waals surface area contributed by atoms with Crippen molar-refractivity contribution in [1.29, 1.82) is 0 Å². The molecule has 13 nitrogen and oxygen atoms in total. The number of nitrogens with zero attached hydrogens (tertiary/aromatic N) is 4. The predicted octanol–water partition coefficient (Wildman–Crippen LogP) is 5.95. The Morgan fingerprint density at radius 2 is 1.61 bits per heavy atom. The van der Waals surface area contributed by atoms with E-state index in [2.05, 4.69) is 52.5 Å². The molecule has 3 amide bonds. The molecule has 0 unspecified atom stereocenters. The zero-order valence-corrected chi connectivity index (χ0v) is 34.1. The van der Waals surface area contributed by atoms with E-state index in [9.17, 15) is 19.2 Å². The molecular weight excluding hydrogens is 749 g/mol. The van der Waals surface area contributed by atoms with Crippen LogP contribution in [0.5, 0.6) is 0 Å². The Hall–Kier alpha value is -5.48. The van der Waals surface area contributed by atoms with Gasteiger partial charge in [-0.3, -0.25) is 19.4 Å². The zero-order valence-electron chi connectivity index (χ0n) is 34.1. The van der Waals surface area contributed by atoms with E-state index < -0.39 is 18.1 Å². The molecule has 8 atom stereocenters. The molecule has 3 saturated heterocycles. The summed E-state index contributed by atoms with van der Waals surface area (Å²) in [5.41, 5.74) is 4.65. The highest BCUT2D eigenvalue weighted by Gasteiger charge is 2.57. The molecule has 0 radical (unpaired) electrons. The number of fused-ring (bicyclic) bond motifs is 3. The number of aliphatic imine (C=N–C) groups is 1. The van der Waals surface area contributed by atoms with Crippen molar-refractivity contribution in [1.82, 2.24) is 25.1 Å². The highest BCUT2D eigenvalue weighted by molar-refractivity contribution is 5.99. The fourth-order valence-electron chi connectivity index (χ4n) is 9.95. The smallest absolute Gasteiger partial charge is 0.407 e. The van der Waals surface area contributed by atoms with E-state index in [0.29, 0.717) is 44.3 Å². The minimum Gasteiger partial charge on any atom is -0.469 e. The number of esters is 1. The predicted molar refractivity (Wildman–Crippen MR) is 220 cm³/mol. The van der Waals surface area contributed by atoms with Crippen LogP contribution in [0.2, 0.25) is 0 Å². The summed E-state index contributed by atoms with van der Waals surface area (Å²) in [6, 6.07) is 12.0. The fourth-order valence-corrected chi connectivity index (χ4v) is 9.95. The number of piperidine rings is 2. The monoisotopic (exact) mass is 800 g/mol. The number of amides is 3. The van der Waals surface area contributed by atoms with Gasteiger partial charge in [0.05, 0.1) is 50.5 Å². The second kappa shape index (κ2) is 15.9. The second-order valence-corrected chi connectivity index (χ2v) is 17.5. The summed E-state index contributed by atoms with van der Waals surface area (Å²) in [6.07, 6.45) is 8.91. The third-order valence-corrected chi connectivity index (χ3v) is 13.5. The number of likely N-dealkylation sites (tertiary alicyclic amines) is 2. The van der Waals surface area contributed by atoms with E-state index >= 15 is 0 Å². The summed E-state index contributed by atoms with van der Waals surface area (Å²) in [4.78, 5) is 69.6. The molecule has 3 aromatic rings. The number of aromatic nitrogens is 2. The summed E-state index contributed by atoms with van der Waals surface area (Å²) in [5, 5.41) is 4.99. The Morgan fingerprint density at radius 1 is 0.898 bits per heavy atom. The van der Waals surface area contributed by atoms with Gasteiger partial charge in [0.15, 0.2) is 0 Å². The summed E-state index contributed by atoms with van der Waals surface area (Å²) in [5.74, 6) is 7.56. The van der Waals surface area contributed by atoms with Crippen molar-refractivity contribution in [2.45, 2.75) is 95.4 Å². The molecule has 2 saturated carbocycles.